The van der Waals surface area contributed by atoms with Gasteiger partial charge in [-0.3, -0.25) is 14.4 Å². The molecule has 1 aliphatic heterocycles. The van der Waals surface area contributed by atoms with Gasteiger partial charge in [0.25, 0.3) is 5.91 Å². The molecule has 3 aliphatic rings. The molecule has 8 nitrogen and oxygen atoms in total. The Balaban J connectivity index is 1.45. The molecule has 0 bridgehead atoms. The minimum Gasteiger partial charge on any atom is -0.506 e. The normalized spacial score (nSPS) is 18.2. The van der Waals surface area contributed by atoms with E-state index in [4.69, 9.17) is 5.10 Å². The van der Waals surface area contributed by atoms with E-state index < -0.39 is 23.1 Å². The fourth-order valence-electron chi connectivity index (χ4n) is 7.28. The summed E-state index contributed by atoms with van der Waals surface area (Å²) in [5.74, 6) is -0.749. The topological polar surface area (TPSA) is 102 Å². The van der Waals surface area contributed by atoms with Crippen molar-refractivity contribution in [2.45, 2.75) is 79.2 Å². The highest BCUT2D eigenvalue weighted by molar-refractivity contribution is 6.44. The van der Waals surface area contributed by atoms with E-state index >= 15 is 0 Å². The lowest BCUT2D eigenvalue weighted by Crippen LogP contribution is -2.32. The number of hydrogen-bond donors (Lipinski definition) is 2. The van der Waals surface area contributed by atoms with Crippen LogP contribution in [-0.2, 0) is 14.4 Å². The van der Waals surface area contributed by atoms with E-state index in [2.05, 4.69) is 24.1 Å². The van der Waals surface area contributed by atoms with E-state index in [0.29, 0.717) is 29.3 Å². The van der Waals surface area contributed by atoms with Crippen molar-refractivity contribution >= 4 is 40.3 Å². The standard InChI is InChI=1S/C42H48N4O4/c1-6-45(7-2)30-23-24-31(33(26-30)43-41(50)42(3,4)5)34-38(47)36(39(34)48)35-32(25-22-27-16-14-15-17-27)44-46(40(35)49)37(28-18-10-8-11-19-28)29-20-12-9-13-21-29/h8-13,18-21,23-24,26-27,37,47H,6-7,14-17,22,25H2,1-5H3,(H,43,50)/b36-35-. The second-order valence-corrected chi connectivity index (χ2v) is 14.5. The molecule has 1 fully saturated rings. The van der Waals surface area contributed by atoms with E-state index in [1.807, 2.05) is 93.6 Å². The lowest BCUT2D eigenvalue weighted by atomic mass is 9.78. The van der Waals surface area contributed by atoms with Gasteiger partial charge in [-0.05, 0) is 61.9 Å². The second-order valence-electron chi connectivity index (χ2n) is 14.5. The lowest BCUT2D eigenvalue weighted by molar-refractivity contribution is -0.127. The van der Waals surface area contributed by atoms with Crippen LogP contribution in [0, 0.1) is 11.3 Å². The van der Waals surface area contributed by atoms with Crippen LogP contribution in [0.15, 0.2) is 101 Å². The van der Waals surface area contributed by atoms with Gasteiger partial charge >= 0.3 is 0 Å². The molecule has 0 spiro atoms. The molecule has 0 saturated heterocycles. The van der Waals surface area contributed by atoms with Crippen LogP contribution in [0.4, 0.5) is 11.4 Å². The van der Waals surface area contributed by atoms with Gasteiger partial charge < -0.3 is 15.3 Å². The Labute approximate surface area is 295 Å². The number of benzene rings is 3. The van der Waals surface area contributed by atoms with E-state index in [0.717, 1.165) is 49.2 Å². The van der Waals surface area contributed by atoms with Crippen LogP contribution < -0.4 is 10.2 Å². The maximum Gasteiger partial charge on any atom is 0.277 e. The van der Waals surface area contributed by atoms with Gasteiger partial charge in [-0.2, -0.15) is 5.10 Å². The third-order valence-electron chi connectivity index (χ3n) is 10.2. The van der Waals surface area contributed by atoms with E-state index in [1.54, 1.807) is 6.07 Å². The summed E-state index contributed by atoms with van der Waals surface area (Å²) in [7, 11) is 0. The number of rotatable bonds is 11. The Morgan fingerprint density at radius 1 is 0.900 bits per heavy atom. The molecule has 2 N–H and O–H groups in total. The number of aliphatic hydroxyl groups is 1. The number of aliphatic hydroxyl groups excluding tert-OH is 1. The van der Waals surface area contributed by atoms with Crippen LogP contribution in [0.5, 0.6) is 0 Å². The number of nitrogens with one attached hydrogen (secondary N) is 1. The summed E-state index contributed by atoms with van der Waals surface area (Å²) >= 11 is 0. The van der Waals surface area contributed by atoms with E-state index in [-0.39, 0.29) is 28.4 Å². The van der Waals surface area contributed by atoms with Crippen molar-refractivity contribution in [3.63, 3.8) is 0 Å². The van der Waals surface area contributed by atoms with Gasteiger partial charge in [0.1, 0.15) is 11.8 Å². The number of Topliss-reactive ketones (excluding diaryl/α,β-unsaturated/α-hetero) is 1. The molecule has 8 heteroatoms. The van der Waals surface area contributed by atoms with Crippen molar-refractivity contribution in [2.75, 3.05) is 23.3 Å². The fourth-order valence-corrected chi connectivity index (χ4v) is 7.28. The molecule has 0 unspecified atom stereocenters. The highest BCUT2D eigenvalue weighted by Gasteiger charge is 2.46. The van der Waals surface area contributed by atoms with Crippen LogP contribution in [-0.4, -0.2) is 46.5 Å². The monoisotopic (exact) mass is 672 g/mol. The average Bonchev–Trinajstić information content (AvgIpc) is 3.74. The van der Waals surface area contributed by atoms with Crippen LogP contribution in [0.25, 0.3) is 5.57 Å². The number of hydrazone groups is 1. The molecule has 2 aliphatic carbocycles. The number of ketones is 1. The van der Waals surface area contributed by atoms with Crippen LogP contribution >= 0.6 is 0 Å². The Hall–Kier alpha value is -4.98. The predicted molar refractivity (Wildman–Crippen MR) is 200 cm³/mol. The van der Waals surface area contributed by atoms with Gasteiger partial charge in [0.05, 0.1) is 28.1 Å². The van der Waals surface area contributed by atoms with Gasteiger partial charge in [0, 0.05) is 29.8 Å². The first-order chi connectivity index (χ1) is 24.0. The summed E-state index contributed by atoms with van der Waals surface area (Å²) in [5.41, 5.74) is 3.65. The number of anilines is 2. The van der Waals surface area contributed by atoms with Crippen molar-refractivity contribution in [1.82, 2.24) is 5.01 Å². The first-order valence-electron chi connectivity index (χ1n) is 18.0. The number of amides is 2. The van der Waals surface area contributed by atoms with Crippen molar-refractivity contribution in [3.05, 3.63) is 112 Å². The SMILES string of the molecule is CCN(CC)c1ccc(C2=C(O)/C(=C3/C(=O)N(C(c4ccccc4)c4ccccc4)N=C3CCC3CCCC3)C2=O)c(NC(=O)C(C)(C)C)c1. The molecule has 6 rings (SSSR count). The van der Waals surface area contributed by atoms with Gasteiger partial charge in [0.15, 0.2) is 0 Å². The molecular formula is C42H48N4O4. The molecule has 3 aromatic rings. The minimum absolute atomic E-state index is 0.00142. The summed E-state index contributed by atoms with van der Waals surface area (Å²) < 4.78 is 0. The molecule has 3 aromatic carbocycles. The van der Waals surface area contributed by atoms with Crippen LogP contribution in [0.3, 0.4) is 0 Å². The number of allylic oxidation sites excluding steroid dienone is 2. The maximum absolute atomic E-state index is 14.6. The molecular weight excluding hydrogens is 624 g/mol. The van der Waals surface area contributed by atoms with Gasteiger partial charge in [0.2, 0.25) is 11.7 Å². The number of hydrogen-bond acceptors (Lipinski definition) is 6. The van der Waals surface area contributed by atoms with E-state index in [1.165, 1.54) is 17.9 Å². The average molecular weight is 673 g/mol. The summed E-state index contributed by atoms with van der Waals surface area (Å²) in [5, 5.41) is 21.2. The summed E-state index contributed by atoms with van der Waals surface area (Å²) in [6, 6.07) is 24.5. The Bertz CT molecular complexity index is 1820. The Morgan fingerprint density at radius 3 is 2.04 bits per heavy atom. The fraction of sp³-hybridized carbons (Fsp3) is 0.381. The molecule has 2 amide bonds. The summed E-state index contributed by atoms with van der Waals surface area (Å²) in [6.07, 6.45) is 6.09. The third-order valence-corrected chi connectivity index (χ3v) is 10.2. The molecule has 0 aromatic heterocycles. The third kappa shape index (κ3) is 6.76. The zero-order chi connectivity index (χ0) is 35.6. The van der Waals surface area contributed by atoms with Crippen LogP contribution in [0.1, 0.15) is 95.9 Å². The minimum atomic E-state index is -0.686. The summed E-state index contributed by atoms with van der Waals surface area (Å²) in [6.45, 7) is 11.1. The van der Waals surface area contributed by atoms with Gasteiger partial charge in [-0.15, -0.1) is 0 Å². The summed E-state index contributed by atoms with van der Waals surface area (Å²) in [4.78, 5) is 44.2. The first kappa shape index (κ1) is 34.9. The Morgan fingerprint density at radius 2 is 1.50 bits per heavy atom. The van der Waals surface area contributed by atoms with Crippen molar-refractivity contribution in [3.8, 4) is 0 Å². The molecule has 1 heterocycles. The largest absolute Gasteiger partial charge is 0.506 e. The quantitative estimate of drug-likeness (QED) is 0.199. The van der Waals surface area contributed by atoms with Gasteiger partial charge in [-0.25, -0.2) is 5.01 Å². The smallest absolute Gasteiger partial charge is 0.277 e. The molecule has 50 heavy (non-hydrogen) atoms. The Kier molecular flexibility index (Phi) is 10.1. The second kappa shape index (κ2) is 14.5. The number of nitrogens with zero attached hydrogens (tertiary/aromatic N) is 3. The predicted octanol–water partition coefficient (Wildman–Crippen LogP) is 8.62. The first-order valence-corrected chi connectivity index (χ1v) is 18.0. The number of carbonyl (C=O) groups is 3. The van der Waals surface area contributed by atoms with E-state index in [9.17, 15) is 19.5 Å². The maximum atomic E-state index is 14.6. The zero-order valence-electron chi connectivity index (χ0n) is 29.8. The molecule has 260 valence electrons. The number of carbonyl (C=O) groups excluding carboxylic acids is 3. The zero-order valence-corrected chi connectivity index (χ0v) is 29.8. The van der Waals surface area contributed by atoms with Crippen molar-refractivity contribution in [2.24, 2.45) is 16.4 Å². The molecule has 0 radical (unpaired) electrons. The van der Waals surface area contributed by atoms with Crippen molar-refractivity contribution in [1.29, 1.82) is 0 Å². The molecule has 0 atom stereocenters. The van der Waals surface area contributed by atoms with Crippen LogP contribution in [0.2, 0.25) is 0 Å². The molecule has 1 saturated carbocycles. The lowest BCUT2D eigenvalue weighted by Gasteiger charge is -2.28. The van der Waals surface area contributed by atoms with Crippen molar-refractivity contribution < 1.29 is 19.5 Å². The van der Waals surface area contributed by atoms with Gasteiger partial charge in [-0.1, -0.05) is 107 Å². The highest BCUT2D eigenvalue weighted by Crippen LogP contribution is 2.45. The highest BCUT2D eigenvalue weighted by atomic mass is 16.3.